The van der Waals surface area contributed by atoms with Gasteiger partial charge in [0, 0.05) is 23.2 Å². The maximum absolute atomic E-state index is 13.1. The zero-order chi connectivity index (χ0) is 9.14. The Hall–Kier alpha value is -0.640. The lowest BCUT2D eigenvalue weighted by Gasteiger charge is -2.11. The van der Waals surface area contributed by atoms with Crippen molar-refractivity contribution in [2.24, 2.45) is 11.5 Å². The minimum Gasteiger partial charge on any atom is -0.329 e. The molecule has 0 unspecified atom stereocenters. The van der Waals surface area contributed by atoms with Gasteiger partial charge in [-0.25, -0.2) is 4.39 Å². The van der Waals surface area contributed by atoms with Gasteiger partial charge in [-0.1, -0.05) is 17.7 Å². The molecule has 0 fully saturated rings. The summed E-state index contributed by atoms with van der Waals surface area (Å²) in [5.74, 6) is -0.402. The number of nitrogens with two attached hydrogens (primary N) is 2. The first kappa shape index (κ1) is 9.45. The van der Waals surface area contributed by atoms with Crippen LogP contribution in [0.1, 0.15) is 11.6 Å². The third kappa shape index (κ3) is 1.75. The van der Waals surface area contributed by atoms with Crippen LogP contribution in [0.25, 0.3) is 0 Å². The second-order valence-corrected chi connectivity index (χ2v) is 2.88. The van der Waals surface area contributed by atoms with Gasteiger partial charge < -0.3 is 11.5 Å². The van der Waals surface area contributed by atoms with Gasteiger partial charge in [0.05, 0.1) is 0 Å². The first-order chi connectivity index (χ1) is 5.66. The van der Waals surface area contributed by atoms with Crippen molar-refractivity contribution >= 4 is 11.6 Å². The van der Waals surface area contributed by atoms with Gasteiger partial charge in [-0.3, -0.25) is 0 Å². The van der Waals surface area contributed by atoms with Crippen LogP contribution < -0.4 is 11.5 Å². The highest BCUT2D eigenvalue weighted by atomic mass is 35.5. The number of halogens is 2. The van der Waals surface area contributed by atoms with Gasteiger partial charge >= 0.3 is 0 Å². The molecule has 1 rings (SSSR count). The van der Waals surface area contributed by atoms with Gasteiger partial charge in [-0.15, -0.1) is 0 Å². The van der Waals surface area contributed by atoms with Crippen LogP contribution in [0.15, 0.2) is 18.2 Å². The third-order valence-corrected chi connectivity index (χ3v) is 1.95. The van der Waals surface area contributed by atoms with Crippen molar-refractivity contribution in [1.29, 1.82) is 0 Å². The molecule has 66 valence electrons. The van der Waals surface area contributed by atoms with Gasteiger partial charge in [0.25, 0.3) is 0 Å². The average Bonchev–Trinajstić information content (AvgIpc) is 2.03. The summed E-state index contributed by atoms with van der Waals surface area (Å²) in [7, 11) is 0. The first-order valence-electron chi connectivity index (χ1n) is 3.56. The van der Waals surface area contributed by atoms with Gasteiger partial charge in [0.1, 0.15) is 5.82 Å². The summed E-state index contributed by atoms with van der Waals surface area (Å²) in [6.07, 6.45) is 0. The number of hydrogen-bond donors (Lipinski definition) is 2. The van der Waals surface area contributed by atoms with E-state index in [1.165, 1.54) is 12.1 Å². The molecule has 1 aromatic rings. The summed E-state index contributed by atoms with van der Waals surface area (Å²) < 4.78 is 13.1. The molecule has 1 aromatic carbocycles. The first-order valence-corrected chi connectivity index (χ1v) is 3.94. The molecule has 0 amide bonds. The predicted octanol–water partition coefficient (Wildman–Crippen LogP) is 1.44. The van der Waals surface area contributed by atoms with Gasteiger partial charge in [-0.05, 0) is 12.1 Å². The van der Waals surface area contributed by atoms with E-state index in [1.54, 1.807) is 6.07 Å². The molecule has 0 aliphatic rings. The second kappa shape index (κ2) is 3.85. The smallest absolute Gasteiger partial charge is 0.129 e. The van der Waals surface area contributed by atoms with E-state index in [9.17, 15) is 4.39 Å². The lowest BCUT2D eigenvalue weighted by Crippen LogP contribution is -2.22. The molecule has 0 aromatic heterocycles. The molecule has 12 heavy (non-hydrogen) atoms. The predicted molar refractivity (Wildman–Crippen MR) is 47.4 cm³/mol. The van der Waals surface area contributed by atoms with Gasteiger partial charge in [-0.2, -0.15) is 0 Å². The average molecular weight is 189 g/mol. The Labute approximate surface area is 75.3 Å². The summed E-state index contributed by atoms with van der Waals surface area (Å²) in [6, 6.07) is 3.91. The van der Waals surface area contributed by atoms with Crippen molar-refractivity contribution in [1.82, 2.24) is 0 Å². The molecular weight excluding hydrogens is 179 g/mol. The fraction of sp³-hybridized carbons (Fsp3) is 0.250. The highest BCUT2D eigenvalue weighted by molar-refractivity contribution is 6.31. The van der Waals surface area contributed by atoms with Crippen molar-refractivity contribution < 1.29 is 4.39 Å². The molecule has 0 saturated heterocycles. The Kier molecular flexibility index (Phi) is 3.03. The maximum atomic E-state index is 13.1. The monoisotopic (exact) mass is 188 g/mol. The molecule has 0 heterocycles. The minimum absolute atomic E-state index is 0.181. The zero-order valence-electron chi connectivity index (χ0n) is 6.43. The number of hydrogen-bond acceptors (Lipinski definition) is 2. The Bertz CT molecular complexity index is 258. The summed E-state index contributed by atoms with van der Waals surface area (Å²) in [4.78, 5) is 0. The normalized spacial score (nSPS) is 13.0. The molecule has 4 N–H and O–H groups in total. The molecule has 2 nitrogen and oxygen atoms in total. The van der Waals surface area contributed by atoms with Crippen LogP contribution in [-0.2, 0) is 0 Å². The van der Waals surface area contributed by atoms with Crippen molar-refractivity contribution in [2.75, 3.05) is 6.54 Å². The van der Waals surface area contributed by atoms with E-state index in [0.29, 0.717) is 10.6 Å². The van der Waals surface area contributed by atoms with Crippen molar-refractivity contribution in [3.63, 3.8) is 0 Å². The van der Waals surface area contributed by atoms with Crippen LogP contribution in [0.3, 0.4) is 0 Å². The van der Waals surface area contributed by atoms with E-state index in [-0.39, 0.29) is 6.54 Å². The minimum atomic E-state index is -0.529. The third-order valence-electron chi connectivity index (χ3n) is 1.62. The number of benzene rings is 1. The fourth-order valence-corrected chi connectivity index (χ4v) is 1.29. The van der Waals surface area contributed by atoms with Crippen LogP contribution in [0, 0.1) is 5.82 Å². The van der Waals surface area contributed by atoms with Crippen LogP contribution in [0.5, 0.6) is 0 Å². The molecule has 4 heteroatoms. The second-order valence-electron chi connectivity index (χ2n) is 2.48. The van der Waals surface area contributed by atoms with E-state index in [2.05, 4.69) is 0 Å². The molecule has 0 spiro atoms. The van der Waals surface area contributed by atoms with E-state index in [1.807, 2.05) is 0 Å². The number of rotatable bonds is 2. The van der Waals surface area contributed by atoms with Crippen LogP contribution in [0.4, 0.5) is 4.39 Å². The molecule has 0 aliphatic carbocycles. The lowest BCUT2D eigenvalue weighted by atomic mass is 10.1. The largest absolute Gasteiger partial charge is 0.329 e. The highest BCUT2D eigenvalue weighted by Gasteiger charge is 2.12. The highest BCUT2D eigenvalue weighted by Crippen LogP contribution is 2.23. The molecule has 0 radical (unpaired) electrons. The van der Waals surface area contributed by atoms with Gasteiger partial charge in [0.15, 0.2) is 0 Å². The van der Waals surface area contributed by atoms with E-state index < -0.39 is 11.9 Å². The summed E-state index contributed by atoms with van der Waals surface area (Å²) in [5.41, 5.74) is 11.1. The maximum Gasteiger partial charge on any atom is 0.129 e. The molecule has 0 aliphatic heterocycles. The molecule has 1 atom stereocenters. The van der Waals surface area contributed by atoms with Crippen LogP contribution >= 0.6 is 11.6 Å². The van der Waals surface area contributed by atoms with Crippen LogP contribution in [0.2, 0.25) is 5.02 Å². The molecule has 0 bridgehead atoms. The van der Waals surface area contributed by atoms with E-state index in [0.717, 1.165) is 0 Å². The van der Waals surface area contributed by atoms with Gasteiger partial charge in [0.2, 0.25) is 0 Å². The standard InChI is InChI=1S/C8H10ClFN2/c9-5-2-1-3-6(10)8(5)7(12)4-11/h1-3,7H,4,11-12H2/t7-/m0/s1. The van der Waals surface area contributed by atoms with Crippen molar-refractivity contribution in [3.8, 4) is 0 Å². The van der Waals surface area contributed by atoms with E-state index >= 15 is 0 Å². The molecule has 0 saturated carbocycles. The van der Waals surface area contributed by atoms with Crippen molar-refractivity contribution in [2.45, 2.75) is 6.04 Å². The summed E-state index contributed by atoms with van der Waals surface area (Å²) in [6.45, 7) is 0.181. The van der Waals surface area contributed by atoms with E-state index in [4.69, 9.17) is 23.1 Å². The SMILES string of the molecule is NC[C@H](N)c1c(F)cccc1Cl. The topological polar surface area (TPSA) is 52.0 Å². The zero-order valence-corrected chi connectivity index (χ0v) is 7.18. The Morgan fingerprint density at radius 2 is 2.17 bits per heavy atom. The van der Waals surface area contributed by atoms with Crippen LogP contribution in [-0.4, -0.2) is 6.54 Å². The lowest BCUT2D eigenvalue weighted by molar-refractivity contribution is 0.584. The quantitative estimate of drug-likeness (QED) is 0.738. The Balaban J connectivity index is 3.12. The van der Waals surface area contributed by atoms with Crippen molar-refractivity contribution in [3.05, 3.63) is 34.6 Å². The summed E-state index contributed by atoms with van der Waals surface area (Å²) in [5, 5.41) is 0.327. The Morgan fingerprint density at radius 3 is 2.67 bits per heavy atom. The Morgan fingerprint density at radius 1 is 1.50 bits per heavy atom. The fourth-order valence-electron chi connectivity index (χ4n) is 0.983. The summed E-state index contributed by atoms with van der Waals surface area (Å²) >= 11 is 5.73. The molecular formula is C8H10ClFN2.